The highest BCUT2D eigenvalue weighted by Gasteiger charge is 2.25. The van der Waals surface area contributed by atoms with Crippen molar-refractivity contribution in [3.8, 4) is 0 Å². The normalized spacial score (nSPS) is 13.3. The first-order valence-corrected chi connectivity index (χ1v) is 7.66. The average Bonchev–Trinajstić information content (AvgIpc) is 2.36. The zero-order valence-electron chi connectivity index (χ0n) is 14.2. The van der Waals surface area contributed by atoms with Crippen LogP contribution in [0.5, 0.6) is 0 Å². The molecule has 3 heteroatoms. The first-order valence-electron chi connectivity index (χ1n) is 7.66. The molecule has 0 aliphatic carbocycles. The second kappa shape index (κ2) is 7.07. The number of anilines is 1. The Labute approximate surface area is 124 Å². The van der Waals surface area contributed by atoms with Crippen LogP contribution in [0.2, 0.25) is 0 Å². The lowest BCUT2D eigenvalue weighted by Crippen LogP contribution is -2.40. The molecule has 0 aliphatic heterocycles. The molecule has 3 nitrogen and oxygen atoms in total. The molecule has 1 heterocycles. The van der Waals surface area contributed by atoms with E-state index in [9.17, 15) is 0 Å². The van der Waals surface area contributed by atoms with Crippen molar-refractivity contribution in [2.24, 2.45) is 5.41 Å². The molecule has 1 aromatic heterocycles. The van der Waals surface area contributed by atoms with Crippen LogP contribution in [0.25, 0.3) is 0 Å². The highest BCUT2D eigenvalue weighted by molar-refractivity contribution is 5.47. The van der Waals surface area contributed by atoms with E-state index in [0.29, 0.717) is 6.04 Å². The fraction of sp³-hybridized carbons (Fsp3) is 0.706. The van der Waals surface area contributed by atoms with Crippen LogP contribution in [0.3, 0.4) is 0 Å². The maximum absolute atomic E-state index is 4.68. The number of aryl methyl sites for hydroxylation is 1. The van der Waals surface area contributed by atoms with E-state index in [2.05, 4.69) is 69.9 Å². The van der Waals surface area contributed by atoms with E-state index in [0.717, 1.165) is 25.3 Å². The van der Waals surface area contributed by atoms with Gasteiger partial charge in [-0.3, -0.25) is 0 Å². The maximum atomic E-state index is 4.68. The van der Waals surface area contributed by atoms with Crippen LogP contribution in [0.1, 0.15) is 52.2 Å². The molecule has 0 radical (unpaired) electrons. The lowest BCUT2D eigenvalue weighted by Gasteiger charge is -2.36. The van der Waals surface area contributed by atoms with Gasteiger partial charge in [-0.1, -0.05) is 27.7 Å². The Morgan fingerprint density at radius 2 is 2.00 bits per heavy atom. The highest BCUT2D eigenvalue weighted by Crippen LogP contribution is 2.28. The maximum Gasteiger partial charge on any atom is 0.131 e. The van der Waals surface area contributed by atoms with Gasteiger partial charge in [-0.15, -0.1) is 0 Å². The van der Waals surface area contributed by atoms with Gasteiger partial charge in [-0.05, 0) is 49.4 Å². The van der Waals surface area contributed by atoms with Gasteiger partial charge in [0.15, 0.2) is 0 Å². The molecule has 0 amide bonds. The van der Waals surface area contributed by atoms with Crippen molar-refractivity contribution in [2.45, 2.75) is 60.5 Å². The molecule has 0 spiro atoms. The summed E-state index contributed by atoms with van der Waals surface area (Å²) in [7, 11) is 2.14. The highest BCUT2D eigenvalue weighted by atomic mass is 15.2. The smallest absolute Gasteiger partial charge is 0.131 e. The molecule has 20 heavy (non-hydrogen) atoms. The lowest BCUT2D eigenvalue weighted by molar-refractivity contribution is 0.328. The van der Waals surface area contributed by atoms with Crippen LogP contribution in [0, 0.1) is 12.3 Å². The number of hydrogen-bond acceptors (Lipinski definition) is 3. The summed E-state index contributed by atoms with van der Waals surface area (Å²) in [6.07, 6.45) is 3.16. The van der Waals surface area contributed by atoms with Gasteiger partial charge in [0, 0.05) is 25.8 Å². The van der Waals surface area contributed by atoms with E-state index in [1.807, 2.05) is 6.20 Å². The summed E-state index contributed by atoms with van der Waals surface area (Å²) in [5, 5.41) is 3.42. The van der Waals surface area contributed by atoms with Crippen molar-refractivity contribution in [3.63, 3.8) is 0 Å². The molecule has 1 aromatic rings. The predicted octanol–water partition coefficient (Wildman–Crippen LogP) is 3.76. The van der Waals surface area contributed by atoms with Crippen LogP contribution < -0.4 is 10.2 Å². The third kappa shape index (κ3) is 4.48. The summed E-state index contributed by atoms with van der Waals surface area (Å²) < 4.78 is 0. The van der Waals surface area contributed by atoms with Crippen LogP contribution >= 0.6 is 0 Å². The van der Waals surface area contributed by atoms with Gasteiger partial charge in [-0.2, -0.15) is 0 Å². The predicted molar refractivity (Wildman–Crippen MR) is 88.3 cm³/mol. The molecule has 1 atom stereocenters. The van der Waals surface area contributed by atoms with E-state index >= 15 is 0 Å². The Balaban J connectivity index is 2.82. The summed E-state index contributed by atoms with van der Waals surface area (Å²) in [6, 6.07) is 2.69. The topological polar surface area (TPSA) is 28.2 Å². The zero-order valence-corrected chi connectivity index (χ0v) is 14.2. The molecule has 114 valence electrons. The minimum absolute atomic E-state index is 0.240. The second-order valence-electron chi connectivity index (χ2n) is 6.81. The Hall–Kier alpha value is -1.09. The number of nitrogens with zero attached hydrogens (tertiary/aromatic N) is 2. The van der Waals surface area contributed by atoms with Crippen LogP contribution in [0.4, 0.5) is 5.82 Å². The number of pyridine rings is 1. The molecule has 0 aromatic carbocycles. The van der Waals surface area contributed by atoms with Gasteiger partial charge < -0.3 is 10.2 Å². The van der Waals surface area contributed by atoms with E-state index in [1.165, 1.54) is 11.1 Å². The first kappa shape index (κ1) is 17.0. The van der Waals surface area contributed by atoms with E-state index in [4.69, 9.17) is 0 Å². The summed E-state index contributed by atoms with van der Waals surface area (Å²) >= 11 is 0. The third-order valence-corrected chi connectivity index (χ3v) is 4.03. The SMILES string of the molecule is CCCNCc1cnc(N(C)C(C)C(C)(C)C)c(C)c1. The van der Waals surface area contributed by atoms with Gasteiger partial charge in [0.2, 0.25) is 0 Å². The number of rotatable bonds is 6. The Morgan fingerprint density at radius 3 is 2.50 bits per heavy atom. The summed E-state index contributed by atoms with van der Waals surface area (Å²) in [5.41, 5.74) is 2.75. The number of hydrogen-bond donors (Lipinski definition) is 1. The Morgan fingerprint density at radius 1 is 1.35 bits per heavy atom. The summed E-state index contributed by atoms with van der Waals surface area (Å²) in [5.74, 6) is 1.09. The molecule has 0 saturated heterocycles. The molecule has 1 N–H and O–H groups in total. The van der Waals surface area contributed by atoms with Gasteiger partial charge in [0.25, 0.3) is 0 Å². The Kier molecular flexibility index (Phi) is 6.00. The molecule has 0 aliphatic rings. The molecule has 1 rings (SSSR count). The minimum Gasteiger partial charge on any atom is -0.356 e. The van der Waals surface area contributed by atoms with Crippen molar-refractivity contribution in [2.75, 3.05) is 18.5 Å². The van der Waals surface area contributed by atoms with Crippen LogP contribution in [-0.4, -0.2) is 24.6 Å². The van der Waals surface area contributed by atoms with Gasteiger partial charge in [0.05, 0.1) is 0 Å². The average molecular weight is 277 g/mol. The van der Waals surface area contributed by atoms with Crippen molar-refractivity contribution in [1.82, 2.24) is 10.3 Å². The van der Waals surface area contributed by atoms with Crippen molar-refractivity contribution in [3.05, 3.63) is 23.4 Å². The quantitative estimate of drug-likeness (QED) is 0.802. The fourth-order valence-corrected chi connectivity index (χ4v) is 2.27. The van der Waals surface area contributed by atoms with Gasteiger partial charge in [-0.25, -0.2) is 4.98 Å². The molecule has 0 saturated carbocycles. The van der Waals surface area contributed by atoms with Crippen molar-refractivity contribution >= 4 is 5.82 Å². The standard InChI is InChI=1S/C17H31N3/c1-8-9-18-11-15-10-13(2)16(19-12-15)20(7)14(3)17(4,5)6/h10,12,14,18H,8-9,11H2,1-7H3. The van der Waals surface area contributed by atoms with Crippen molar-refractivity contribution in [1.29, 1.82) is 0 Å². The van der Waals surface area contributed by atoms with Crippen molar-refractivity contribution < 1.29 is 0 Å². The summed E-state index contributed by atoms with van der Waals surface area (Å²) in [4.78, 5) is 6.97. The van der Waals surface area contributed by atoms with Gasteiger partial charge >= 0.3 is 0 Å². The second-order valence-corrected chi connectivity index (χ2v) is 6.81. The number of nitrogens with one attached hydrogen (secondary N) is 1. The van der Waals surface area contributed by atoms with Crippen LogP contribution in [0.15, 0.2) is 12.3 Å². The van der Waals surface area contributed by atoms with Gasteiger partial charge in [0.1, 0.15) is 5.82 Å². The zero-order chi connectivity index (χ0) is 15.3. The lowest BCUT2D eigenvalue weighted by atomic mass is 9.87. The largest absolute Gasteiger partial charge is 0.356 e. The molecule has 0 fully saturated rings. The Bertz CT molecular complexity index is 421. The van der Waals surface area contributed by atoms with E-state index in [-0.39, 0.29) is 5.41 Å². The number of aromatic nitrogens is 1. The molecular formula is C17H31N3. The fourth-order valence-electron chi connectivity index (χ4n) is 2.27. The van der Waals surface area contributed by atoms with E-state index in [1.54, 1.807) is 0 Å². The first-order chi connectivity index (χ1) is 9.27. The molecule has 0 bridgehead atoms. The minimum atomic E-state index is 0.240. The third-order valence-electron chi connectivity index (χ3n) is 4.03. The van der Waals surface area contributed by atoms with Crippen LogP contribution in [-0.2, 0) is 6.54 Å². The summed E-state index contributed by atoms with van der Waals surface area (Å²) in [6.45, 7) is 15.4. The monoisotopic (exact) mass is 277 g/mol. The van der Waals surface area contributed by atoms with E-state index < -0.39 is 0 Å². The molecule has 1 unspecified atom stereocenters. The molecular weight excluding hydrogens is 246 g/mol.